The Bertz CT molecular complexity index is 281. The van der Waals surface area contributed by atoms with Gasteiger partial charge in [-0.05, 0) is 18.8 Å². The predicted molar refractivity (Wildman–Crippen MR) is 44.5 cm³/mol. The first-order chi connectivity index (χ1) is 5.12. The van der Waals surface area contributed by atoms with Crippen molar-refractivity contribution in [2.24, 2.45) is 5.92 Å². The highest BCUT2D eigenvalue weighted by atomic mass is 32.2. The Morgan fingerprint density at radius 3 is 2.64 bits per heavy atom. The van der Waals surface area contributed by atoms with E-state index in [1.807, 2.05) is 13.0 Å². The molecule has 2 atom stereocenters. The monoisotopic (exact) mass is 164 g/mol. The van der Waals surface area contributed by atoms with Gasteiger partial charge in [0.05, 0.1) is 18.1 Å². The number of allylic oxidation sites excluding steroid dienone is 2. The molecule has 0 N–H and O–H groups in total. The van der Waals surface area contributed by atoms with Gasteiger partial charge < -0.3 is 0 Å². The third kappa shape index (κ3) is 1.25. The van der Waals surface area contributed by atoms with Gasteiger partial charge in [0.25, 0.3) is 0 Å². The van der Waals surface area contributed by atoms with Crippen molar-refractivity contribution in [2.45, 2.75) is 18.6 Å². The fraction of sp³-hybridized carbons (Fsp3) is 0.500. The highest BCUT2D eigenvalue weighted by molar-refractivity contribution is 8.04. The van der Waals surface area contributed by atoms with E-state index >= 15 is 0 Å². The van der Waals surface area contributed by atoms with Crippen molar-refractivity contribution in [1.82, 2.24) is 0 Å². The van der Waals surface area contributed by atoms with E-state index < -0.39 is 4.75 Å². The van der Waals surface area contributed by atoms with E-state index in [-0.39, 0.29) is 5.92 Å². The average Bonchev–Trinajstić information content (AvgIpc) is 2.27. The molecule has 0 aliphatic carbocycles. The van der Waals surface area contributed by atoms with Crippen LogP contribution < -0.4 is 0 Å². The first-order valence-corrected chi connectivity index (χ1v) is 4.12. The number of nitriles is 2. The van der Waals surface area contributed by atoms with E-state index in [1.165, 1.54) is 11.8 Å². The van der Waals surface area contributed by atoms with Crippen LogP contribution in [0.25, 0.3) is 0 Å². The van der Waals surface area contributed by atoms with Gasteiger partial charge in [0.2, 0.25) is 0 Å². The van der Waals surface area contributed by atoms with Crippen LogP contribution in [-0.4, -0.2) is 4.75 Å². The topological polar surface area (TPSA) is 47.6 Å². The van der Waals surface area contributed by atoms with E-state index in [9.17, 15) is 0 Å². The minimum Gasteiger partial charge on any atom is -0.198 e. The van der Waals surface area contributed by atoms with Gasteiger partial charge in [-0.2, -0.15) is 10.5 Å². The Hall–Kier alpha value is -0.930. The second-order valence-electron chi connectivity index (χ2n) is 2.71. The fourth-order valence-corrected chi connectivity index (χ4v) is 2.24. The standard InChI is InChI=1S/C8H8N2S/c1-6-3-7(4-9)8(2,5-10)11-6/h3,7H,1-2H3. The SMILES string of the molecule is CC1=CC(C#N)C(C)(C#N)S1. The summed E-state index contributed by atoms with van der Waals surface area (Å²) in [4.78, 5) is 1.07. The lowest BCUT2D eigenvalue weighted by Crippen LogP contribution is -2.22. The van der Waals surface area contributed by atoms with Crippen molar-refractivity contribution in [2.75, 3.05) is 0 Å². The molecule has 1 aliphatic heterocycles. The molecule has 0 fully saturated rings. The summed E-state index contributed by atoms with van der Waals surface area (Å²) < 4.78 is -0.557. The second kappa shape index (κ2) is 2.60. The molecule has 0 bridgehead atoms. The Kier molecular flexibility index (Phi) is 1.93. The summed E-state index contributed by atoms with van der Waals surface area (Å²) in [6, 6.07) is 4.28. The van der Waals surface area contributed by atoms with Crippen LogP contribution >= 0.6 is 11.8 Å². The molecule has 0 amide bonds. The Morgan fingerprint density at radius 1 is 1.64 bits per heavy atom. The second-order valence-corrected chi connectivity index (χ2v) is 4.40. The largest absolute Gasteiger partial charge is 0.198 e. The van der Waals surface area contributed by atoms with E-state index in [1.54, 1.807) is 6.92 Å². The molecule has 0 aromatic carbocycles. The zero-order valence-corrected chi connectivity index (χ0v) is 7.27. The van der Waals surface area contributed by atoms with Crippen LogP contribution in [0.15, 0.2) is 11.0 Å². The van der Waals surface area contributed by atoms with E-state index in [0.717, 1.165) is 4.91 Å². The number of hydrogen-bond acceptors (Lipinski definition) is 3. The highest BCUT2D eigenvalue weighted by Crippen LogP contribution is 2.44. The minimum atomic E-state index is -0.557. The van der Waals surface area contributed by atoms with Crippen LogP contribution in [0, 0.1) is 28.6 Å². The van der Waals surface area contributed by atoms with E-state index in [0.29, 0.717) is 0 Å². The smallest absolute Gasteiger partial charge is 0.123 e. The molecular formula is C8H8N2S. The Morgan fingerprint density at radius 2 is 2.27 bits per heavy atom. The Labute approximate surface area is 70.5 Å². The number of thioether (sulfide) groups is 1. The molecule has 0 spiro atoms. The summed E-state index contributed by atoms with van der Waals surface area (Å²) in [5.74, 6) is -0.252. The molecule has 0 aromatic rings. The van der Waals surface area contributed by atoms with Crippen LogP contribution in [-0.2, 0) is 0 Å². The third-order valence-electron chi connectivity index (χ3n) is 1.73. The third-order valence-corrected chi connectivity index (χ3v) is 2.96. The maximum atomic E-state index is 8.79. The van der Waals surface area contributed by atoms with Crippen LogP contribution in [0.5, 0.6) is 0 Å². The van der Waals surface area contributed by atoms with Gasteiger partial charge in [0, 0.05) is 0 Å². The molecule has 1 rings (SSSR count). The van der Waals surface area contributed by atoms with Crippen molar-refractivity contribution in [3.05, 3.63) is 11.0 Å². The summed E-state index contributed by atoms with van der Waals surface area (Å²) in [6.07, 6.45) is 1.86. The van der Waals surface area contributed by atoms with Crippen molar-refractivity contribution >= 4 is 11.8 Å². The normalized spacial score (nSPS) is 35.6. The lowest BCUT2D eigenvalue weighted by molar-refractivity contribution is 0.703. The molecule has 1 aliphatic rings. The molecule has 3 heteroatoms. The maximum Gasteiger partial charge on any atom is 0.123 e. The zero-order chi connectivity index (χ0) is 8.48. The maximum absolute atomic E-state index is 8.79. The molecule has 0 saturated heterocycles. The molecule has 0 saturated carbocycles. The van der Waals surface area contributed by atoms with Gasteiger partial charge in [-0.25, -0.2) is 0 Å². The Balaban J connectivity index is 2.95. The highest BCUT2D eigenvalue weighted by Gasteiger charge is 2.39. The van der Waals surface area contributed by atoms with Crippen LogP contribution in [0.2, 0.25) is 0 Å². The molecule has 0 radical (unpaired) electrons. The van der Waals surface area contributed by atoms with Gasteiger partial charge in [-0.15, -0.1) is 11.8 Å². The fourth-order valence-electron chi connectivity index (χ4n) is 1.08. The molecule has 1 heterocycles. The van der Waals surface area contributed by atoms with Gasteiger partial charge in [0.15, 0.2) is 0 Å². The summed E-state index contributed by atoms with van der Waals surface area (Å²) in [5, 5.41) is 17.5. The van der Waals surface area contributed by atoms with Crippen molar-refractivity contribution in [1.29, 1.82) is 10.5 Å². The van der Waals surface area contributed by atoms with Crippen LogP contribution in [0.1, 0.15) is 13.8 Å². The molecular weight excluding hydrogens is 156 g/mol. The number of rotatable bonds is 0. The van der Waals surface area contributed by atoms with Gasteiger partial charge >= 0.3 is 0 Å². The van der Waals surface area contributed by atoms with Gasteiger partial charge in [0.1, 0.15) is 4.75 Å². The first kappa shape index (κ1) is 8.17. The lowest BCUT2D eigenvalue weighted by atomic mass is 9.96. The van der Waals surface area contributed by atoms with Crippen LogP contribution in [0.3, 0.4) is 0 Å². The zero-order valence-electron chi connectivity index (χ0n) is 6.46. The average molecular weight is 164 g/mol. The first-order valence-electron chi connectivity index (χ1n) is 3.30. The van der Waals surface area contributed by atoms with E-state index in [4.69, 9.17) is 10.5 Å². The summed E-state index contributed by atoms with van der Waals surface area (Å²) in [7, 11) is 0. The van der Waals surface area contributed by atoms with Crippen molar-refractivity contribution in [3.8, 4) is 12.1 Å². The van der Waals surface area contributed by atoms with Crippen molar-refractivity contribution in [3.63, 3.8) is 0 Å². The number of hydrogen-bond donors (Lipinski definition) is 0. The van der Waals surface area contributed by atoms with E-state index in [2.05, 4.69) is 12.1 Å². The molecule has 11 heavy (non-hydrogen) atoms. The van der Waals surface area contributed by atoms with Gasteiger partial charge in [-0.1, -0.05) is 6.08 Å². The van der Waals surface area contributed by atoms with Crippen molar-refractivity contribution < 1.29 is 0 Å². The minimum absolute atomic E-state index is 0.252. The van der Waals surface area contributed by atoms with Gasteiger partial charge in [-0.3, -0.25) is 0 Å². The molecule has 56 valence electrons. The molecule has 0 aromatic heterocycles. The molecule has 2 unspecified atom stereocenters. The molecule has 2 nitrogen and oxygen atoms in total. The summed E-state index contributed by atoms with van der Waals surface area (Å²) in [6.45, 7) is 3.73. The summed E-state index contributed by atoms with van der Waals surface area (Å²) in [5.41, 5.74) is 0. The van der Waals surface area contributed by atoms with Crippen LogP contribution in [0.4, 0.5) is 0 Å². The summed E-state index contributed by atoms with van der Waals surface area (Å²) >= 11 is 1.48. The lowest BCUT2D eigenvalue weighted by Gasteiger charge is -2.16. The number of nitrogens with zero attached hydrogens (tertiary/aromatic N) is 2. The predicted octanol–water partition coefficient (Wildman–Crippen LogP) is 2.06. The quantitative estimate of drug-likeness (QED) is 0.550.